The number of aliphatic carboxylic acids is 1. The number of benzene rings is 1. The van der Waals surface area contributed by atoms with Gasteiger partial charge in [-0.2, -0.15) is 4.39 Å². The van der Waals surface area contributed by atoms with Gasteiger partial charge >= 0.3 is 5.97 Å². The molecular weight excluding hydrogens is 497 g/mol. The Bertz CT molecular complexity index is 1300. The molecule has 0 aliphatic rings. The molecule has 3 aromatic rings. The number of ether oxygens (including phenoxy) is 1. The molecule has 174 valence electrons. The first-order valence-corrected chi connectivity index (χ1v) is 12.3. The van der Waals surface area contributed by atoms with E-state index in [9.17, 15) is 22.4 Å². The van der Waals surface area contributed by atoms with Crippen LogP contribution in [0, 0.1) is 5.13 Å². The zero-order valence-electron chi connectivity index (χ0n) is 17.2. The van der Waals surface area contributed by atoms with Crippen LogP contribution in [0.4, 0.5) is 9.52 Å². The minimum Gasteiger partial charge on any atom is -0.481 e. The SMILES string of the molecule is CC(Oc1ccc(Cl)nc1)(C(=O)Nc1nc(CC(=O)O)c(F)s1)c1ccc(S(C)(=O)=O)cc1. The molecule has 1 amide bonds. The molecule has 9 nitrogen and oxygen atoms in total. The molecular formula is C20H17ClFN3O6S2. The van der Waals surface area contributed by atoms with Crippen molar-refractivity contribution in [1.29, 1.82) is 0 Å². The molecule has 0 saturated carbocycles. The second-order valence-electron chi connectivity index (χ2n) is 7.01. The minimum absolute atomic E-state index is 0.0440. The molecule has 1 aromatic carbocycles. The van der Waals surface area contributed by atoms with Crippen molar-refractivity contribution < 1.29 is 32.2 Å². The van der Waals surface area contributed by atoms with Crippen LogP contribution >= 0.6 is 22.9 Å². The van der Waals surface area contributed by atoms with Crippen molar-refractivity contribution in [1.82, 2.24) is 9.97 Å². The average Bonchev–Trinajstić information content (AvgIpc) is 3.07. The summed E-state index contributed by atoms with van der Waals surface area (Å²) in [5.74, 6) is -1.85. The molecule has 2 N–H and O–H groups in total. The van der Waals surface area contributed by atoms with Crippen LogP contribution in [0.3, 0.4) is 0 Å². The fourth-order valence-electron chi connectivity index (χ4n) is 2.77. The van der Waals surface area contributed by atoms with Crippen LogP contribution in [0.2, 0.25) is 5.15 Å². The first-order valence-electron chi connectivity index (χ1n) is 9.18. The number of carbonyl (C=O) groups excluding carboxylic acids is 1. The van der Waals surface area contributed by atoms with E-state index in [1.54, 1.807) is 0 Å². The molecule has 0 radical (unpaired) electrons. The zero-order chi connectivity index (χ0) is 24.4. The summed E-state index contributed by atoms with van der Waals surface area (Å²) in [5, 5.41) is 10.5. The molecule has 33 heavy (non-hydrogen) atoms. The Balaban J connectivity index is 1.98. The van der Waals surface area contributed by atoms with Crippen LogP contribution in [0.25, 0.3) is 0 Å². The fraction of sp³-hybridized carbons (Fsp3) is 0.200. The lowest BCUT2D eigenvalue weighted by Crippen LogP contribution is -2.43. The summed E-state index contributed by atoms with van der Waals surface area (Å²) in [7, 11) is -3.47. The van der Waals surface area contributed by atoms with Crippen molar-refractivity contribution in [2.24, 2.45) is 0 Å². The van der Waals surface area contributed by atoms with Gasteiger partial charge in [0.2, 0.25) is 10.7 Å². The third-order valence-electron chi connectivity index (χ3n) is 4.48. The number of carboxylic acids is 1. The van der Waals surface area contributed by atoms with Crippen molar-refractivity contribution in [3.05, 3.63) is 64.1 Å². The number of halogens is 2. The summed E-state index contributed by atoms with van der Waals surface area (Å²) in [6.45, 7) is 1.43. The Morgan fingerprint density at radius 1 is 1.24 bits per heavy atom. The monoisotopic (exact) mass is 513 g/mol. The molecule has 13 heteroatoms. The molecule has 0 saturated heterocycles. The summed E-state index contributed by atoms with van der Waals surface area (Å²) in [4.78, 5) is 31.9. The van der Waals surface area contributed by atoms with Crippen molar-refractivity contribution in [2.45, 2.75) is 23.8 Å². The third-order valence-corrected chi connectivity index (χ3v) is 6.63. The molecule has 0 aliphatic carbocycles. The van der Waals surface area contributed by atoms with Crippen LogP contribution in [0.15, 0.2) is 47.5 Å². The topological polar surface area (TPSA) is 136 Å². The number of hydrogen-bond donors (Lipinski definition) is 2. The van der Waals surface area contributed by atoms with Gasteiger partial charge in [-0.05, 0) is 31.2 Å². The standard InChI is InChI=1S/C20H17ClFN3O6S2/c1-20(31-12-5-8-15(21)23-10-12,11-3-6-13(7-4-11)33(2,29)30)18(28)25-19-24-14(9-16(26)27)17(22)32-19/h3-8,10H,9H2,1-2H3,(H,26,27)(H,24,25,28). The number of rotatable bonds is 8. The quantitative estimate of drug-likeness (QED) is 0.438. The van der Waals surface area contributed by atoms with Crippen LogP contribution in [0.5, 0.6) is 5.75 Å². The van der Waals surface area contributed by atoms with E-state index >= 15 is 0 Å². The summed E-state index contributed by atoms with van der Waals surface area (Å²) in [5.41, 5.74) is -1.77. The third kappa shape index (κ3) is 5.83. The van der Waals surface area contributed by atoms with E-state index < -0.39 is 38.9 Å². The second-order valence-corrected chi connectivity index (χ2v) is 10.4. The Morgan fingerprint density at radius 2 is 1.91 bits per heavy atom. The van der Waals surface area contributed by atoms with Gasteiger partial charge in [-0.15, -0.1) is 0 Å². The molecule has 2 aromatic heterocycles. The molecule has 3 rings (SSSR count). The number of hydrogen-bond acceptors (Lipinski definition) is 8. The van der Waals surface area contributed by atoms with Gasteiger partial charge in [0.05, 0.1) is 17.5 Å². The number of amides is 1. The highest BCUT2D eigenvalue weighted by molar-refractivity contribution is 7.90. The van der Waals surface area contributed by atoms with E-state index in [1.807, 2.05) is 0 Å². The van der Waals surface area contributed by atoms with Crippen molar-refractivity contribution in [3.8, 4) is 5.75 Å². The number of carboxylic acid groups (broad SMARTS) is 1. The predicted octanol–water partition coefficient (Wildman–Crippen LogP) is 3.29. The van der Waals surface area contributed by atoms with Gasteiger partial charge in [0.1, 0.15) is 16.6 Å². The minimum atomic E-state index is -3.47. The van der Waals surface area contributed by atoms with Crippen LogP contribution in [-0.4, -0.2) is 41.6 Å². The van der Waals surface area contributed by atoms with Gasteiger partial charge in [-0.3, -0.25) is 14.9 Å². The van der Waals surface area contributed by atoms with Gasteiger partial charge in [-0.25, -0.2) is 18.4 Å². The van der Waals surface area contributed by atoms with Gasteiger partial charge in [0, 0.05) is 11.8 Å². The number of thiazole rings is 1. The normalized spacial score (nSPS) is 13.2. The maximum atomic E-state index is 14.0. The van der Waals surface area contributed by atoms with E-state index in [0.29, 0.717) is 11.3 Å². The summed E-state index contributed by atoms with van der Waals surface area (Å²) in [6, 6.07) is 8.42. The number of nitrogens with zero attached hydrogens (tertiary/aromatic N) is 2. The molecule has 2 heterocycles. The molecule has 0 fully saturated rings. The van der Waals surface area contributed by atoms with Crippen molar-refractivity contribution >= 4 is 49.8 Å². The lowest BCUT2D eigenvalue weighted by molar-refractivity contribution is -0.136. The largest absolute Gasteiger partial charge is 0.481 e. The van der Waals surface area contributed by atoms with Crippen LogP contribution in [-0.2, 0) is 31.4 Å². The van der Waals surface area contributed by atoms with E-state index in [0.717, 1.165) is 6.26 Å². The molecule has 0 aliphatic heterocycles. The Kier molecular flexibility index (Phi) is 7.00. The lowest BCUT2D eigenvalue weighted by Gasteiger charge is -2.29. The zero-order valence-corrected chi connectivity index (χ0v) is 19.6. The van der Waals surface area contributed by atoms with Crippen molar-refractivity contribution in [2.75, 3.05) is 11.6 Å². The Morgan fingerprint density at radius 3 is 2.45 bits per heavy atom. The van der Waals surface area contributed by atoms with Gasteiger partial charge in [0.25, 0.3) is 5.91 Å². The second kappa shape index (κ2) is 9.41. The van der Waals surface area contributed by atoms with E-state index in [1.165, 1.54) is 49.5 Å². The number of sulfone groups is 1. The Hall–Kier alpha value is -3.09. The Labute approximate surface area is 197 Å². The number of aromatic nitrogens is 2. The van der Waals surface area contributed by atoms with E-state index in [4.69, 9.17) is 21.4 Å². The molecule has 0 bridgehead atoms. The number of pyridine rings is 1. The van der Waals surface area contributed by atoms with Crippen LogP contribution in [0.1, 0.15) is 18.2 Å². The highest BCUT2D eigenvalue weighted by atomic mass is 35.5. The van der Waals surface area contributed by atoms with Gasteiger partial charge in [-0.1, -0.05) is 35.1 Å². The maximum absolute atomic E-state index is 14.0. The molecule has 1 unspecified atom stereocenters. The number of nitrogens with one attached hydrogen (secondary N) is 1. The summed E-state index contributed by atoms with van der Waals surface area (Å²) < 4.78 is 43.5. The highest BCUT2D eigenvalue weighted by Gasteiger charge is 2.39. The summed E-state index contributed by atoms with van der Waals surface area (Å²) >= 11 is 6.27. The highest BCUT2D eigenvalue weighted by Crippen LogP contribution is 2.32. The predicted molar refractivity (Wildman–Crippen MR) is 119 cm³/mol. The first-order chi connectivity index (χ1) is 15.4. The van der Waals surface area contributed by atoms with Crippen LogP contribution < -0.4 is 10.1 Å². The number of anilines is 1. The first kappa shape index (κ1) is 24.6. The molecule has 0 spiro atoms. The maximum Gasteiger partial charge on any atom is 0.309 e. The van der Waals surface area contributed by atoms with Crippen molar-refractivity contribution in [3.63, 3.8) is 0 Å². The van der Waals surface area contributed by atoms with Gasteiger partial charge < -0.3 is 9.84 Å². The van der Waals surface area contributed by atoms with E-state index in [2.05, 4.69) is 15.3 Å². The lowest BCUT2D eigenvalue weighted by atomic mass is 9.94. The van der Waals surface area contributed by atoms with Gasteiger partial charge in [0.15, 0.2) is 15.0 Å². The number of carbonyl (C=O) groups is 2. The van der Waals surface area contributed by atoms with E-state index in [-0.39, 0.29) is 32.2 Å². The fourth-order valence-corrected chi connectivity index (χ4v) is 4.22. The average molecular weight is 514 g/mol. The molecule has 1 atom stereocenters. The summed E-state index contributed by atoms with van der Waals surface area (Å²) in [6.07, 6.45) is 1.71. The smallest absolute Gasteiger partial charge is 0.309 e.